The third kappa shape index (κ3) is 3.34. The first-order valence-electron chi connectivity index (χ1n) is 6.52. The SMILES string of the molecule is O=c1[nH]c(=S)[nH]c(O)c1Cc1ccc(-c2cc(Cl)ccc2Cl)o1. The second kappa shape index (κ2) is 6.23. The topological polar surface area (TPSA) is 82.0 Å². The number of nitrogens with one attached hydrogen (secondary N) is 2. The standard InChI is InChI=1S/C15H10Cl2N2O3S/c16-7-1-3-11(17)9(5-7)12-4-2-8(22-12)6-10-13(20)18-15(23)19-14(10)21/h1-5H,6H2,(H3,18,19,20,21,23). The number of rotatable bonds is 3. The van der Waals surface area contributed by atoms with Crippen LogP contribution in [0.2, 0.25) is 10.0 Å². The summed E-state index contributed by atoms with van der Waals surface area (Å²) in [6, 6.07) is 8.48. The molecule has 118 valence electrons. The predicted molar refractivity (Wildman–Crippen MR) is 90.9 cm³/mol. The first kappa shape index (κ1) is 15.9. The Morgan fingerprint density at radius 3 is 2.70 bits per heavy atom. The van der Waals surface area contributed by atoms with E-state index in [1.54, 1.807) is 30.3 Å². The second-order valence-corrected chi connectivity index (χ2v) is 6.05. The molecule has 0 aliphatic rings. The molecule has 0 saturated heterocycles. The van der Waals surface area contributed by atoms with Crippen LogP contribution < -0.4 is 5.56 Å². The zero-order chi connectivity index (χ0) is 16.6. The lowest BCUT2D eigenvalue weighted by Gasteiger charge is -2.03. The summed E-state index contributed by atoms with van der Waals surface area (Å²) in [7, 11) is 0. The van der Waals surface area contributed by atoms with Crippen LogP contribution in [0.3, 0.4) is 0 Å². The number of aromatic amines is 2. The van der Waals surface area contributed by atoms with Gasteiger partial charge in [0.15, 0.2) is 10.7 Å². The lowest BCUT2D eigenvalue weighted by molar-refractivity contribution is 0.439. The van der Waals surface area contributed by atoms with Gasteiger partial charge in [-0.25, -0.2) is 0 Å². The normalized spacial score (nSPS) is 10.9. The zero-order valence-corrected chi connectivity index (χ0v) is 13.9. The van der Waals surface area contributed by atoms with Gasteiger partial charge in [-0.05, 0) is 42.5 Å². The molecule has 0 spiro atoms. The summed E-state index contributed by atoms with van der Waals surface area (Å²) in [5.74, 6) is 0.729. The van der Waals surface area contributed by atoms with Gasteiger partial charge < -0.3 is 14.5 Å². The average Bonchev–Trinajstić information content (AvgIpc) is 2.94. The van der Waals surface area contributed by atoms with Crippen molar-refractivity contribution in [1.29, 1.82) is 0 Å². The Bertz CT molecular complexity index is 991. The molecule has 0 aliphatic carbocycles. The van der Waals surface area contributed by atoms with E-state index in [1.165, 1.54) is 0 Å². The van der Waals surface area contributed by atoms with Gasteiger partial charge in [-0.3, -0.25) is 9.78 Å². The Kier molecular flexibility index (Phi) is 4.30. The van der Waals surface area contributed by atoms with E-state index in [0.29, 0.717) is 27.1 Å². The summed E-state index contributed by atoms with van der Waals surface area (Å²) in [5, 5.41) is 10.8. The van der Waals surface area contributed by atoms with Crippen LogP contribution in [0.15, 0.2) is 39.5 Å². The van der Waals surface area contributed by atoms with Crippen LogP contribution >= 0.6 is 35.4 Å². The number of hydrogen-bond acceptors (Lipinski definition) is 4. The molecule has 0 saturated carbocycles. The number of aromatic hydroxyl groups is 1. The quantitative estimate of drug-likeness (QED) is 0.602. The van der Waals surface area contributed by atoms with Gasteiger partial charge in [0.1, 0.15) is 11.5 Å². The fraction of sp³-hybridized carbons (Fsp3) is 0.0667. The van der Waals surface area contributed by atoms with Gasteiger partial charge in [-0.2, -0.15) is 0 Å². The molecule has 2 heterocycles. The van der Waals surface area contributed by atoms with Crippen molar-refractivity contribution in [3.63, 3.8) is 0 Å². The maximum Gasteiger partial charge on any atom is 0.259 e. The van der Waals surface area contributed by atoms with Gasteiger partial charge in [0.05, 0.1) is 10.6 Å². The van der Waals surface area contributed by atoms with E-state index < -0.39 is 5.56 Å². The van der Waals surface area contributed by atoms with E-state index in [-0.39, 0.29) is 22.6 Å². The molecule has 0 unspecified atom stereocenters. The van der Waals surface area contributed by atoms with Crippen molar-refractivity contribution < 1.29 is 9.52 Å². The van der Waals surface area contributed by atoms with Crippen molar-refractivity contribution in [1.82, 2.24) is 9.97 Å². The molecule has 0 bridgehead atoms. The lowest BCUT2D eigenvalue weighted by atomic mass is 10.1. The van der Waals surface area contributed by atoms with Gasteiger partial charge in [-0.15, -0.1) is 0 Å². The number of aromatic nitrogens is 2. The molecule has 0 radical (unpaired) electrons. The third-order valence-electron chi connectivity index (χ3n) is 3.23. The second-order valence-electron chi connectivity index (χ2n) is 4.80. The molecule has 0 aliphatic heterocycles. The summed E-state index contributed by atoms with van der Waals surface area (Å²) in [6.45, 7) is 0. The minimum atomic E-state index is -0.468. The minimum absolute atomic E-state index is 0.0575. The van der Waals surface area contributed by atoms with E-state index in [2.05, 4.69) is 9.97 Å². The molecule has 0 amide bonds. The molecule has 23 heavy (non-hydrogen) atoms. The molecule has 0 fully saturated rings. The van der Waals surface area contributed by atoms with Crippen molar-refractivity contribution in [2.75, 3.05) is 0 Å². The number of hydrogen-bond donors (Lipinski definition) is 3. The predicted octanol–water partition coefficient (Wildman–Crippen LogP) is 4.30. The Morgan fingerprint density at radius 2 is 1.96 bits per heavy atom. The number of furan rings is 1. The van der Waals surface area contributed by atoms with Crippen LogP contribution in [0.4, 0.5) is 0 Å². The van der Waals surface area contributed by atoms with E-state index in [1.807, 2.05) is 0 Å². The van der Waals surface area contributed by atoms with Gasteiger partial charge in [0.2, 0.25) is 0 Å². The maximum absolute atomic E-state index is 11.9. The van der Waals surface area contributed by atoms with E-state index in [4.69, 9.17) is 39.8 Å². The van der Waals surface area contributed by atoms with Gasteiger partial charge in [0, 0.05) is 17.0 Å². The molecule has 1 aromatic carbocycles. The lowest BCUT2D eigenvalue weighted by Crippen LogP contribution is -2.14. The van der Waals surface area contributed by atoms with Crippen molar-refractivity contribution >= 4 is 35.4 Å². The Labute approximate surface area is 145 Å². The third-order valence-corrected chi connectivity index (χ3v) is 3.99. The summed E-state index contributed by atoms with van der Waals surface area (Å²) < 4.78 is 5.76. The van der Waals surface area contributed by atoms with Crippen molar-refractivity contribution in [2.24, 2.45) is 0 Å². The molecule has 3 N–H and O–H groups in total. The van der Waals surface area contributed by atoms with Crippen molar-refractivity contribution in [3.05, 3.63) is 66.8 Å². The van der Waals surface area contributed by atoms with Crippen LogP contribution in [-0.4, -0.2) is 15.1 Å². The summed E-state index contributed by atoms with van der Waals surface area (Å²) in [4.78, 5) is 16.8. The van der Waals surface area contributed by atoms with Gasteiger partial charge in [-0.1, -0.05) is 23.2 Å². The van der Waals surface area contributed by atoms with Crippen LogP contribution in [0.1, 0.15) is 11.3 Å². The molecule has 0 atom stereocenters. The average molecular weight is 369 g/mol. The van der Waals surface area contributed by atoms with Crippen LogP contribution in [-0.2, 0) is 6.42 Å². The van der Waals surface area contributed by atoms with Gasteiger partial charge >= 0.3 is 0 Å². The van der Waals surface area contributed by atoms with Crippen LogP contribution in [0, 0.1) is 4.77 Å². The van der Waals surface area contributed by atoms with E-state index >= 15 is 0 Å². The number of H-pyrrole nitrogens is 2. The zero-order valence-electron chi connectivity index (χ0n) is 11.5. The van der Waals surface area contributed by atoms with E-state index in [9.17, 15) is 9.90 Å². The fourth-order valence-corrected chi connectivity index (χ4v) is 2.71. The monoisotopic (exact) mass is 368 g/mol. The highest BCUT2D eigenvalue weighted by Gasteiger charge is 2.13. The summed E-state index contributed by atoms with van der Waals surface area (Å²) in [6.07, 6.45) is 0.103. The smallest absolute Gasteiger partial charge is 0.259 e. The highest BCUT2D eigenvalue weighted by molar-refractivity contribution is 7.71. The van der Waals surface area contributed by atoms with Crippen LogP contribution in [0.5, 0.6) is 5.88 Å². The Hall–Kier alpha value is -2.02. The van der Waals surface area contributed by atoms with Crippen LogP contribution in [0.25, 0.3) is 11.3 Å². The number of benzene rings is 1. The Balaban J connectivity index is 1.96. The molecule has 3 rings (SSSR count). The Morgan fingerprint density at radius 1 is 1.17 bits per heavy atom. The molecular formula is C15H10Cl2N2O3S. The molecular weight excluding hydrogens is 359 g/mol. The molecule has 8 heteroatoms. The highest BCUT2D eigenvalue weighted by atomic mass is 35.5. The molecule has 2 aromatic heterocycles. The van der Waals surface area contributed by atoms with Crippen molar-refractivity contribution in [3.8, 4) is 17.2 Å². The highest BCUT2D eigenvalue weighted by Crippen LogP contribution is 2.32. The molecule has 5 nitrogen and oxygen atoms in total. The summed E-state index contributed by atoms with van der Waals surface area (Å²) in [5.41, 5.74) is 0.317. The minimum Gasteiger partial charge on any atom is -0.494 e. The maximum atomic E-state index is 11.9. The molecule has 3 aromatic rings. The fourth-order valence-electron chi connectivity index (χ4n) is 2.14. The number of halogens is 2. The van der Waals surface area contributed by atoms with Crippen molar-refractivity contribution in [2.45, 2.75) is 6.42 Å². The summed E-state index contributed by atoms with van der Waals surface area (Å²) >= 11 is 16.9. The first-order valence-corrected chi connectivity index (χ1v) is 7.69. The van der Waals surface area contributed by atoms with E-state index in [0.717, 1.165) is 0 Å². The van der Waals surface area contributed by atoms with Gasteiger partial charge in [0.25, 0.3) is 5.56 Å². The first-order chi connectivity index (χ1) is 10.9. The largest absolute Gasteiger partial charge is 0.494 e.